The van der Waals surface area contributed by atoms with E-state index in [1.807, 2.05) is 36.9 Å². The van der Waals surface area contributed by atoms with Crippen LogP contribution in [0, 0.1) is 19.7 Å². The average Bonchev–Trinajstić information content (AvgIpc) is 2.65. The van der Waals surface area contributed by atoms with E-state index in [0.29, 0.717) is 31.9 Å². The molecule has 5 nitrogen and oxygen atoms in total. The molecule has 0 saturated carbocycles. The van der Waals surface area contributed by atoms with Crippen molar-refractivity contribution in [2.75, 3.05) is 36.4 Å². The Labute approximate surface area is 158 Å². The first-order valence-electron chi connectivity index (χ1n) is 9.09. The second-order valence-electron chi connectivity index (χ2n) is 6.81. The second kappa shape index (κ2) is 8.20. The molecular weight excluding hydrogens is 345 g/mol. The Balaban J connectivity index is 1.54. The first kappa shape index (κ1) is 18.9. The number of rotatable bonds is 4. The third kappa shape index (κ3) is 4.45. The lowest BCUT2D eigenvalue weighted by atomic mass is 10.1. The van der Waals surface area contributed by atoms with Crippen LogP contribution in [0.1, 0.15) is 17.5 Å². The highest BCUT2D eigenvalue weighted by Gasteiger charge is 2.24. The normalized spacial score (nSPS) is 14.2. The fourth-order valence-electron chi connectivity index (χ4n) is 3.35. The zero-order valence-corrected chi connectivity index (χ0v) is 15.7. The van der Waals surface area contributed by atoms with Crippen LogP contribution in [-0.4, -0.2) is 42.9 Å². The number of halogens is 1. The first-order valence-corrected chi connectivity index (χ1v) is 9.09. The number of benzene rings is 2. The Morgan fingerprint density at radius 2 is 1.59 bits per heavy atom. The number of piperazine rings is 1. The van der Waals surface area contributed by atoms with E-state index in [1.165, 1.54) is 6.07 Å². The lowest BCUT2D eigenvalue weighted by Gasteiger charge is -2.36. The lowest BCUT2D eigenvalue weighted by molar-refractivity contribution is -0.134. The van der Waals surface area contributed by atoms with Gasteiger partial charge in [0.1, 0.15) is 12.2 Å². The summed E-state index contributed by atoms with van der Waals surface area (Å²) >= 11 is 0. The van der Waals surface area contributed by atoms with E-state index in [4.69, 9.17) is 0 Å². The van der Waals surface area contributed by atoms with Crippen molar-refractivity contribution in [3.63, 3.8) is 0 Å². The number of para-hydroxylation sites is 2. The van der Waals surface area contributed by atoms with Gasteiger partial charge in [0, 0.05) is 31.9 Å². The lowest BCUT2D eigenvalue weighted by Crippen LogP contribution is -2.49. The molecule has 27 heavy (non-hydrogen) atoms. The van der Waals surface area contributed by atoms with Crippen molar-refractivity contribution in [3.8, 4) is 0 Å². The summed E-state index contributed by atoms with van der Waals surface area (Å²) in [4.78, 5) is 28.3. The van der Waals surface area contributed by atoms with Crippen LogP contribution in [0.25, 0.3) is 0 Å². The Bertz CT molecular complexity index is 825. The molecule has 2 aromatic rings. The minimum Gasteiger partial charge on any atom is -0.366 e. The maximum atomic E-state index is 13.9. The van der Waals surface area contributed by atoms with Gasteiger partial charge in [-0.1, -0.05) is 30.3 Å². The molecule has 1 fully saturated rings. The fourth-order valence-corrected chi connectivity index (χ4v) is 3.35. The minimum absolute atomic E-state index is 0.187. The van der Waals surface area contributed by atoms with Gasteiger partial charge in [0.25, 0.3) is 0 Å². The predicted molar refractivity (Wildman–Crippen MR) is 104 cm³/mol. The largest absolute Gasteiger partial charge is 0.366 e. The molecule has 0 unspecified atom stereocenters. The highest BCUT2D eigenvalue weighted by molar-refractivity contribution is 6.04. The van der Waals surface area contributed by atoms with E-state index < -0.39 is 0 Å². The number of hydrogen-bond donors (Lipinski definition) is 1. The Kier molecular flexibility index (Phi) is 5.74. The van der Waals surface area contributed by atoms with Gasteiger partial charge in [-0.15, -0.1) is 0 Å². The molecule has 2 aromatic carbocycles. The number of anilines is 2. The van der Waals surface area contributed by atoms with Crippen LogP contribution < -0.4 is 10.2 Å². The van der Waals surface area contributed by atoms with Crippen LogP contribution in [-0.2, 0) is 9.59 Å². The number of hydrogen-bond acceptors (Lipinski definition) is 3. The molecule has 6 heteroatoms. The van der Waals surface area contributed by atoms with Gasteiger partial charge in [0.15, 0.2) is 0 Å². The van der Waals surface area contributed by atoms with Crippen LogP contribution in [0.2, 0.25) is 0 Å². The van der Waals surface area contributed by atoms with Crippen molar-refractivity contribution in [3.05, 3.63) is 59.4 Å². The molecular formula is C21H24FN3O2. The molecule has 2 amide bonds. The molecule has 0 bridgehead atoms. The summed E-state index contributed by atoms with van der Waals surface area (Å²) in [6.07, 6.45) is -0.187. The zero-order valence-electron chi connectivity index (χ0n) is 15.7. The third-order valence-corrected chi connectivity index (χ3v) is 4.88. The number of nitrogens with zero attached hydrogens (tertiary/aromatic N) is 2. The van der Waals surface area contributed by atoms with Gasteiger partial charge in [0.2, 0.25) is 11.8 Å². The quantitative estimate of drug-likeness (QED) is 0.843. The van der Waals surface area contributed by atoms with E-state index in [0.717, 1.165) is 16.8 Å². The van der Waals surface area contributed by atoms with Crippen molar-refractivity contribution < 1.29 is 14.0 Å². The average molecular weight is 369 g/mol. The minimum atomic E-state index is -0.311. The Morgan fingerprint density at radius 3 is 2.22 bits per heavy atom. The van der Waals surface area contributed by atoms with Crippen LogP contribution >= 0.6 is 0 Å². The van der Waals surface area contributed by atoms with Gasteiger partial charge in [-0.25, -0.2) is 4.39 Å². The number of carbonyl (C=O) groups is 2. The summed E-state index contributed by atoms with van der Waals surface area (Å²) in [5, 5.41) is 2.84. The summed E-state index contributed by atoms with van der Waals surface area (Å²) in [6, 6.07) is 12.4. The molecule has 0 aliphatic carbocycles. The Morgan fingerprint density at radius 1 is 0.963 bits per heavy atom. The van der Waals surface area contributed by atoms with Crippen LogP contribution in [0.15, 0.2) is 42.5 Å². The van der Waals surface area contributed by atoms with Crippen molar-refractivity contribution in [1.82, 2.24) is 4.90 Å². The van der Waals surface area contributed by atoms with Crippen molar-refractivity contribution in [2.24, 2.45) is 0 Å². The standard InChI is InChI=1S/C21H24FN3O2/c1-15-6-5-7-16(2)21(15)23-19(26)14-20(27)25-12-10-24(11-13-25)18-9-4-3-8-17(18)22/h3-9H,10-14H2,1-2H3,(H,23,26). The maximum Gasteiger partial charge on any atom is 0.233 e. The monoisotopic (exact) mass is 369 g/mol. The predicted octanol–water partition coefficient (Wildman–Crippen LogP) is 3.12. The molecule has 1 heterocycles. The summed E-state index contributed by atoms with van der Waals surface area (Å²) in [7, 11) is 0. The van der Waals surface area contributed by atoms with Gasteiger partial charge >= 0.3 is 0 Å². The molecule has 3 rings (SSSR count). The fraction of sp³-hybridized carbons (Fsp3) is 0.333. The molecule has 142 valence electrons. The van der Waals surface area contributed by atoms with Gasteiger partial charge in [-0.2, -0.15) is 0 Å². The zero-order chi connectivity index (χ0) is 19.4. The molecule has 1 aliphatic heterocycles. The van der Waals surface area contributed by atoms with Crippen molar-refractivity contribution >= 4 is 23.2 Å². The molecule has 0 aromatic heterocycles. The number of aryl methyl sites for hydroxylation is 2. The van der Waals surface area contributed by atoms with E-state index in [9.17, 15) is 14.0 Å². The van der Waals surface area contributed by atoms with Crippen LogP contribution in [0.5, 0.6) is 0 Å². The Hall–Kier alpha value is -2.89. The topological polar surface area (TPSA) is 52.7 Å². The van der Waals surface area contributed by atoms with Crippen molar-refractivity contribution in [2.45, 2.75) is 20.3 Å². The molecule has 1 saturated heterocycles. The highest BCUT2D eigenvalue weighted by atomic mass is 19.1. The third-order valence-electron chi connectivity index (χ3n) is 4.88. The number of nitrogens with one attached hydrogen (secondary N) is 1. The summed E-state index contributed by atoms with van der Waals surface area (Å²) < 4.78 is 13.9. The molecule has 1 N–H and O–H groups in total. The second-order valence-corrected chi connectivity index (χ2v) is 6.81. The first-order chi connectivity index (χ1) is 13.0. The molecule has 0 atom stereocenters. The summed E-state index contributed by atoms with van der Waals surface area (Å²) in [5.74, 6) is -0.772. The highest BCUT2D eigenvalue weighted by Crippen LogP contribution is 2.21. The van der Waals surface area contributed by atoms with Crippen LogP contribution in [0.3, 0.4) is 0 Å². The molecule has 1 aliphatic rings. The van der Waals surface area contributed by atoms with Gasteiger partial charge in [-0.3, -0.25) is 9.59 Å². The molecule has 0 spiro atoms. The summed E-state index contributed by atoms with van der Waals surface area (Å²) in [5.41, 5.74) is 3.25. The van der Waals surface area contributed by atoms with Gasteiger partial charge in [0.05, 0.1) is 5.69 Å². The van der Waals surface area contributed by atoms with E-state index in [1.54, 1.807) is 23.1 Å². The summed E-state index contributed by atoms with van der Waals surface area (Å²) in [6.45, 7) is 5.89. The maximum absolute atomic E-state index is 13.9. The van der Waals surface area contributed by atoms with E-state index in [2.05, 4.69) is 5.32 Å². The number of amides is 2. The number of carbonyl (C=O) groups excluding carboxylic acids is 2. The SMILES string of the molecule is Cc1cccc(C)c1NC(=O)CC(=O)N1CCN(c2ccccc2F)CC1. The van der Waals surface area contributed by atoms with E-state index >= 15 is 0 Å². The van der Waals surface area contributed by atoms with Crippen LogP contribution in [0.4, 0.5) is 15.8 Å². The smallest absolute Gasteiger partial charge is 0.233 e. The molecule has 0 radical (unpaired) electrons. The van der Waals surface area contributed by atoms with Crippen molar-refractivity contribution in [1.29, 1.82) is 0 Å². The van der Waals surface area contributed by atoms with Gasteiger partial charge in [-0.05, 0) is 37.1 Å². The van der Waals surface area contributed by atoms with E-state index in [-0.39, 0.29) is 24.1 Å². The van der Waals surface area contributed by atoms with Gasteiger partial charge < -0.3 is 15.1 Å².